The zero-order valence-corrected chi connectivity index (χ0v) is 20.2. The average Bonchev–Trinajstić information content (AvgIpc) is 3.57. The maximum absolute atomic E-state index is 13.4. The van der Waals surface area contributed by atoms with Crippen LogP contribution in [-0.2, 0) is 14.3 Å². The number of carboxylic acids is 1. The van der Waals surface area contributed by atoms with E-state index < -0.39 is 23.5 Å². The van der Waals surface area contributed by atoms with Gasteiger partial charge in [-0.3, -0.25) is 4.79 Å². The van der Waals surface area contributed by atoms with E-state index in [1.807, 2.05) is 38.1 Å². The maximum Gasteiger partial charge on any atom is 0.407 e. The normalized spacial score (nSPS) is 24.3. The van der Waals surface area contributed by atoms with E-state index in [1.54, 1.807) is 0 Å². The summed E-state index contributed by atoms with van der Waals surface area (Å²) in [7, 11) is 0. The van der Waals surface area contributed by atoms with Crippen molar-refractivity contribution in [1.29, 1.82) is 0 Å². The second kappa shape index (κ2) is 9.02. The number of hydrogen-bond acceptors (Lipinski definition) is 4. The molecule has 184 valence electrons. The van der Waals surface area contributed by atoms with Gasteiger partial charge in [-0.25, -0.2) is 9.59 Å². The second-order valence-electron chi connectivity index (χ2n) is 10.5. The Balaban J connectivity index is 1.21. The van der Waals surface area contributed by atoms with Crippen molar-refractivity contribution in [2.75, 3.05) is 19.7 Å². The van der Waals surface area contributed by atoms with Gasteiger partial charge in [0.05, 0.1) is 5.41 Å². The maximum atomic E-state index is 13.4. The Morgan fingerprint density at radius 1 is 1.03 bits per heavy atom. The fraction of sp³-hybridized carbons (Fsp3) is 0.464. The number of piperidine rings is 1. The molecule has 2 aromatic rings. The van der Waals surface area contributed by atoms with E-state index in [9.17, 15) is 19.5 Å². The summed E-state index contributed by atoms with van der Waals surface area (Å²) in [5, 5.41) is 12.5. The van der Waals surface area contributed by atoms with Crippen molar-refractivity contribution in [2.45, 2.75) is 45.1 Å². The summed E-state index contributed by atoms with van der Waals surface area (Å²) in [6, 6.07) is 15.5. The van der Waals surface area contributed by atoms with Gasteiger partial charge in [-0.05, 0) is 53.4 Å². The second-order valence-corrected chi connectivity index (χ2v) is 10.5. The minimum atomic E-state index is -0.960. The number of rotatable bonds is 6. The third kappa shape index (κ3) is 4.28. The van der Waals surface area contributed by atoms with E-state index in [4.69, 9.17) is 4.74 Å². The summed E-state index contributed by atoms with van der Waals surface area (Å²) in [5.74, 6) is -1.01. The van der Waals surface area contributed by atoms with Gasteiger partial charge in [0.15, 0.2) is 0 Å². The van der Waals surface area contributed by atoms with Crippen molar-refractivity contribution in [3.05, 3.63) is 59.7 Å². The van der Waals surface area contributed by atoms with E-state index in [2.05, 4.69) is 29.6 Å². The molecule has 2 aromatic carbocycles. The number of nitrogens with one attached hydrogen (secondary N) is 1. The SMILES string of the molecule is CC1CC(C)C(C(=O)O)N(C(=O)C2(CNC(=O)OCC3c4ccccc4-c4ccccc43)CC2)C1. The first-order valence-corrected chi connectivity index (χ1v) is 12.4. The molecule has 2 aliphatic carbocycles. The lowest BCUT2D eigenvalue weighted by atomic mass is 9.84. The highest BCUT2D eigenvalue weighted by Gasteiger charge is 2.55. The number of alkyl carbamates (subject to hydrolysis) is 1. The molecular formula is C28H32N2O5. The first kappa shape index (κ1) is 23.4. The molecule has 7 heteroatoms. The average molecular weight is 477 g/mol. The molecule has 0 aromatic heterocycles. The van der Waals surface area contributed by atoms with Crippen LogP contribution in [-0.4, -0.2) is 53.7 Å². The van der Waals surface area contributed by atoms with Crippen molar-refractivity contribution in [3.63, 3.8) is 0 Å². The molecule has 5 rings (SSSR count). The van der Waals surface area contributed by atoms with Gasteiger partial charge in [0.2, 0.25) is 5.91 Å². The molecule has 2 amide bonds. The Hall–Kier alpha value is -3.35. The van der Waals surface area contributed by atoms with Crippen LogP contribution in [0.2, 0.25) is 0 Å². The smallest absolute Gasteiger partial charge is 0.407 e. The van der Waals surface area contributed by atoms with E-state index >= 15 is 0 Å². The van der Waals surface area contributed by atoms with Gasteiger partial charge >= 0.3 is 12.1 Å². The standard InChI is InChI=1S/C28H32N2O5/c1-17-13-18(2)24(25(31)32)30(14-17)26(33)28(11-12-28)16-29-27(34)35-15-23-21-9-5-3-7-19(21)20-8-4-6-10-22(20)23/h3-10,17-18,23-24H,11-16H2,1-2H3,(H,29,34)(H,31,32). The van der Waals surface area contributed by atoms with E-state index in [0.29, 0.717) is 19.4 Å². The largest absolute Gasteiger partial charge is 0.480 e. The number of hydrogen-bond donors (Lipinski definition) is 2. The predicted octanol–water partition coefficient (Wildman–Crippen LogP) is 4.26. The zero-order valence-electron chi connectivity index (χ0n) is 20.2. The Kier molecular flexibility index (Phi) is 6.03. The topological polar surface area (TPSA) is 95.9 Å². The molecule has 7 nitrogen and oxygen atoms in total. The van der Waals surface area contributed by atoms with E-state index in [0.717, 1.165) is 28.7 Å². The number of benzene rings is 2. The van der Waals surface area contributed by atoms with Crippen LogP contribution in [0.3, 0.4) is 0 Å². The van der Waals surface area contributed by atoms with Gasteiger partial charge in [0, 0.05) is 19.0 Å². The molecule has 3 unspecified atom stereocenters. The van der Waals surface area contributed by atoms with Crippen LogP contribution in [0.15, 0.2) is 48.5 Å². The molecule has 3 atom stereocenters. The molecule has 35 heavy (non-hydrogen) atoms. The number of carbonyl (C=O) groups is 3. The molecule has 1 saturated carbocycles. The number of fused-ring (bicyclic) bond motifs is 3. The first-order chi connectivity index (χ1) is 16.8. The van der Waals surface area contributed by atoms with Crippen molar-refractivity contribution < 1.29 is 24.2 Å². The van der Waals surface area contributed by atoms with Gasteiger partial charge in [0.1, 0.15) is 12.6 Å². The fourth-order valence-electron chi connectivity index (χ4n) is 5.99. The van der Waals surface area contributed by atoms with Crippen LogP contribution >= 0.6 is 0 Å². The Morgan fingerprint density at radius 3 is 2.20 bits per heavy atom. The number of amides is 2. The van der Waals surface area contributed by atoms with Gasteiger partial charge in [0.25, 0.3) is 0 Å². The Bertz CT molecular complexity index is 1110. The lowest BCUT2D eigenvalue weighted by molar-refractivity contribution is -0.158. The number of ether oxygens (including phenoxy) is 1. The summed E-state index contributed by atoms with van der Waals surface area (Å²) >= 11 is 0. The van der Waals surface area contributed by atoms with Gasteiger partial charge < -0.3 is 20.1 Å². The van der Waals surface area contributed by atoms with E-state index in [-0.39, 0.29) is 36.8 Å². The number of likely N-dealkylation sites (tertiary alicyclic amines) is 1. The monoisotopic (exact) mass is 476 g/mol. The quantitative estimate of drug-likeness (QED) is 0.649. The lowest BCUT2D eigenvalue weighted by Crippen LogP contribution is -2.57. The highest BCUT2D eigenvalue weighted by Crippen LogP contribution is 2.48. The summed E-state index contributed by atoms with van der Waals surface area (Å²) < 4.78 is 5.61. The lowest BCUT2D eigenvalue weighted by Gasteiger charge is -2.42. The van der Waals surface area contributed by atoms with Crippen LogP contribution < -0.4 is 5.32 Å². The Morgan fingerprint density at radius 2 is 1.63 bits per heavy atom. The van der Waals surface area contributed by atoms with Crippen LogP contribution in [0.25, 0.3) is 11.1 Å². The van der Waals surface area contributed by atoms with Gasteiger partial charge in [-0.2, -0.15) is 0 Å². The third-order valence-corrected chi connectivity index (χ3v) is 7.89. The minimum absolute atomic E-state index is 0.0303. The molecule has 2 fully saturated rings. The Labute approximate surface area is 205 Å². The molecular weight excluding hydrogens is 444 g/mol. The number of carbonyl (C=O) groups excluding carboxylic acids is 2. The highest BCUT2D eigenvalue weighted by molar-refractivity contribution is 5.90. The summed E-state index contributed by atoms with van der Waals surface area (Å²) in [6.45, 7) is 4.75. The first-order valence-electron chi connectivity index (χ1n) is 12.4. The van der Waals surface area contributed by atoms with Crippen molar-refractivity contribution in [3.8, 4) is 11.1 Å². The molecule has 1 saturated heterocycles. The van der Waals surface area contributed by atoms with Crippen LogP contribution in [0.1, 0.15) is 50.2 Å². The molecule has 0 radical (unpaired) electrons. The molecule has 0 bridgehead atoms. The number of nitrogens with zero attached hydrogens (tertiary/aromatic N) is 1. The van der Waals surface area contributed by atoms with Gasteiger partial charge in [-0.1, -0.05) is 62.4 Å². The molecule has 1 heterocycles. The van der Waals surface area contributed by atoms with E-state index in [1.165, 1.54) is 4.90 Å². The van der Waals surface area contributed by atoms with Crippen LogP contribution in [0.4, 0.5) is 4.79 Å². The molecule has 2 N–H and O–H groups in total. The van der Waals surface area contributed by atoms with Crippen molar-refractivity contribution in [2.24, 2.45) is 17.3 Å². The van der Waals surface area contributed by atoms with Crippen molar-refractivity contribution in [1.82, 2.24) is 10.2 Å². The zero-order chi connectivity index (χ0) is 24.7. The summed E-state index contributed by atoms with van der Waals surface area (Å²) in [4.78, 5) is 39.5. The number of carboxylic acid groups (broad SMARTS) is 1. The minimum Gasteiger partial charge on any atom is -0.480 e. The highest BCUT2D eigenvalue weighted by atomic mass is 16.5. The van der Waals surface area contributed by atoms with Gasteiger partial charge in [-0.15, -0.1) is 0 Å². The predicted molar refractivity (Wildman–Crippen MR) is 131 cm³/mol. The fourth-order valence-corrected chi connectivity index (χ4v) is 5.99. The number of aliphatic carboxylic acids is 1. The molecule has 0 spiro atoms. The van der Waals surface area contributed by atoms with Crippen LogP contribution in [0.5, 0.6) is 0 Å². The summed E-state index contributed by atoms with van der Waals surface area (Å²) in [6.07, 6.45) is 1.51. The van der Waals surface area contributed by atoms with Crippen molar-refractivity contribution >= 4 is 18.0 Å². The third-order valence-electron chi connectivity index (χ3n) is 7.89. The molecule has 1 aliphatic heterocycles. The summed E-state index contributed by atoms with van der Waals surface area (Å²) in [5.41, 5.74) is 3.89. The molecule has 3 aliphatic rings. The van der Waals surface area contributed by atoms with Crippen LogP contribution in [0, 0.1) is 17.3 Å².